The number of thiophene rings is 1. The SMILES string of the molecule is Cc1cccc2c1-c1c3c(cc4c5ccc(-c6cccs6)cc5oc4c3cc[n+]1C)S2. The molecule has 4 heterocycles. The predicted octanol–water partition coefficient (Wildman–Crippen LogP) is 7.73. The molecule has 1 aliphatic rings. The molecule has 1 aliphatic heterocycles. The minimum Gasteiger partial charge on any atom is -0.455 e. The maximum atomic E-state index is 6.53. The lowest BCUT2D eigenvalue weighted by Crippen LogP contribution is -2.31. The average molecular weight is 437 g/mol. The zero-order valence-corrected chi connectivity index (χ0v) is 18.7. The van der Waals surface area contributed by atoms with Crippen LogP contribution >= 0.6 is 23.1 Å². The molecule has 0 N–H and O–H groups in total. The van der Waals surface area contributed by atoms with Crippen molar-refractivity contribution in [2.24, 2.45) is 7.05 Å². The second-order valence-corrected chi connectivity index (χ2v) is 10.2. The van der Waals surface area contributed by atoms with Gasteiger partial charge in [-0.1, -0.05) is 36.0 Å². The Morgan fingerprint density at radius 2 is 1.81 bits per heavy atom. The molecule has 3 aromatic carbocycles. The molecule has 0 unspecified atom stereocenters. The molecule has 31 heavy (non-hydrogen) atoms. The lowest BCUT2D eigenvalue weighted by atomic mass is 9.97. The van der Waals surface area contributed by atoms with E-state index in [9.17, 15) is 0 Å². The van der Waals surface area contributed by atoms with Gasteiger partial charge >= 0.3 is 0 Å². The highest BCUT2D eigenvalue weighted by Crippen LogP contribution is 2.50. The molecular formula is C27H18NOS2+. The van der Waals surface area contributed by atoms with Crippen LogP contribution in [0.2, 0.25) is 0 Å². The number of fused-ring (bicyclic) bond motifs is 6. The van der Waals surface area contributed by atoms with Gasteiger partial charge in [0, 0.05) is 36.9 Å². The third kappa shape index (κ3) is 2.37. The van der Waals surface area contributed by atoms with Gasteiger partial charge in [0.2, 0.25) is 5.69 Å². The second kappa shape index (κ2) is 6.22. The van der Waals surface area contributed by atoms with Crippen LogP contribution in [0.5, 0.6) is 0 Å². The van der Waals surface area contributed by atoms with E-state index in [4.69, 9.17) is 4.42 Å². The van der Waals surface area contributed by atoms with Gasteiger partial charge in [-0.15, -0.1) is 11.3 Å². The van der Waals surface area contributed by atoms with Crippen molar-refractivity contribution in [3.05, 3.63) is 77.8 Å². The molecule has 2 nitrogen and oxygen atoms in total. The Hall–Kier alpha value is -3.08. The van der Waals surface area contributed by atoms with E-state index < -0.39 is 0 Å². The van der Waals surface area contributed by atoms with Gasteiger partial charge in [-0.25, -0.2) is 4.57 Å². The fourth-order valence-corrected chi connectivity index (χ4v) is 6.83. The summed E-state index contributed by atoms with van der Waals surface area (Å²) < 4.78 is 8.78. The summed E-state index contributed by atoms with van der Waals surface area (Å²) in [5, 5.41) is 6.97. The number of rotatable bonds is 1. The standard InChI is InChI=1S/C27H18NOS2/c1-15-5-3-6-22-24(15)26-25-18(10-11-28(26)2)27-19(14-23(25)31-22)17-9-8-16(13-20(17)29-27)21-7-4-12-30-21/h3-14H,1-2H3/q+1. The first-order valence-corrected chi connectivity index (χ1v) is 12.0. The Bertz CT molecular complexity index is 1680. The van der Waals surface area contributed by atoms with E-state index in [0.717, 1.165) is 11.2 Å². The summed E-state index contributed by atoms with van der Waals surface area (Å²) in [6, 6.07) is 22.0. The van der Waals surface area contributed by atoms with Crippen molar-refractivity contribution in [1.82, 2.24) is 0 Å². The molecule has 7 rings (SSSR count). The number of aryl methyl sites for hydroxylation is 2. The topological polar surface area (TPSA) is 17.0 Å². The van der Waals surface area contributed by atoms with Gasteiger partial charge in [0.25, 0.3) is 0 Å². The van der Waals surface area contributed by atoms with E-state index in [0.29, 0.717) is 0 Å². The summed E-state index contributed by atoms with van der Waals surface area (Å²) in [5.74, 6) is 0. The Morgan fingerprint density at radius 1 is 0.871 bits per heavy atom. The van der Waals surface area contributed by atoms with Crippen LogP contribution in [0.1, 0.15) is 5.56 Å². The molecule has 0 radical (unpaired) electrons. The number of aromatic nitrogens is 1. The van der Waals surface area contributed by atoms with Gasteiger partial charge < -0.3 is 4.42 Å². The highest BCUT2D eigenvalue weighted by Gasteiger charge is 2.30. The third-order valence-corrected chi connectivity index (χ3v) is 8.34. The molecule has 0 fully saturated rings. The molecule has 6 aromatic rings. The van der Waals surface area contributed by atoms with Crippen molar-refractivity contribution >= 4 is 55.8 Å². The second-order valence-electron chi connectivity index (χ2n) is 8.16. The molecule has 0 amide bonds. The summed E-state index contributed by atoms with van der Waals surface area (Å²) in [4.78, 5) is 3.89. The molecule has 3 aromatic heterocycles. The summed E-state index contributed by atoms with van der Waals surface area (Å²) in [7, 11) is 2.14. The Labute approximate surface area is 187 Å². The first-order chi connectivity index (χ1) is 15.2. The minimum atomic E-state index is 0.951. The van der Waals surface area contributed by atoms with Crippen LogP contribution in [0.4, 0.5) is 0 Å². The van der Waals surface area contributed by atoms with Crippen molar-refractivity contribution in [3.63, 3.8) is 0 Å². The van der Waals surface area contributed by atoms with Crippen molar-refractivity contribution in [3.8, 4) is 21.7 Å². The number of pyridine rings is 1. The van der Waals surface area contributed by atoms with E-state index in [1.54, 1.807) is 11.3 Å². The van der Waals surface area contributed by atoms with Crippen LogP contribution in [0.15, 0.2) is 86.4 Å². The van der Waals surface area contributed by atoms with E-state index in [1.165, 1.54) is 58.6 Å². The van der Waals surface area contributed by atoms with Crippen LogP contribution in [-0.4, -0.2) is 0 Å². The molecule has 0 spiro atoms. The average Bonchev–Trinajstić information content (AvgIpc) is 3.43. The maximum Gasteiger partial charge on any atom is 0.222 e. The number of furan rings is 1. The fourth-order valence-electron chi connectivity index (χ4n) is 4.88. The van der Waals surface area contributed by atoms with Crippen LogP contribution in [0, 0.1) is 6.92 Å². The van der Waals surface area contributed by atoms with Crippen LogP contribution in [-0.2, 0) is 7.05 Å². The van der Waals surface area contributed by atoms with Crippen molar-refractivity contribution in [2.75, 3.05) is 0 Å². The Kier molecular flexibility index (Phi) is 3.53. The molecule has 0 bridgehead atoms. The van der Waals surface area contributed by atoms with E-state index in [-0.39, 0.29) is 0 Å². The summed E-state index contributed by atoms with van der Waals surface area (Å²) in [6.45, 7) is 2.20. The van der Waals surface area contributed by atoms with Crippen LogP contribution < -0.4 is 4.57 Å². The van der Waals surface area contributed by atoms with Gasteiger partial charge in [0.1, 0.15) is 18.2 Å². The van der Waals surface area contributed by atoms with E-state index >= 15 is 0 Å². The summed E-state index contributed by atoms with van der Waals surface area (Å²) >= 11 is 3.63. The normalized spacial score (nSPS) is 12.7. The minimum absolute atomic E-state index is 0.951. The molecular weight excluding hydrogens is 418 g/mol. The summed E-state index contributed by atoms with van der Waals surface area (Å²) in [5.41, 5.74) is 7.07. The number of benzene rings is 3. The summed E-state index contributed by atoms with van der Waals surface area (Å²) in [6.07, 6.45) is 2.16. The lowest BCUT2D eigenvalue weighted by molar-refractivity contribution is -0.659. The van der Waals surface area contributed by atoms with Gasteiger partial charge in [0.05, 0.1) is 10.9 Å². The fraction of sp³-hybridized carbons (Fsp3) is 0.0741. The predicted molar refractivity (Wildman–Crippen MR) is 130 cm³/mol. The Balaban J connectivity index is 1.60. The van der Waals surface area contributed by atoms with Crippen molar-refractivity contribution < 1.29 is 8.98 Å². The number of hydrogen-bond donors (Lipinski definition) is 0. The Morgan fingerprint density at radius 3 is 2.68 bits per heavy atom. The zero-order chi connectivity index (χ0) is 20.7. The highest BCUT2D eigenvalue weighted by molar-refractivity contribution is 7.99. The van der Waals surface area contributed by atoms with Crippen molar-refractivity contribution in [2.45, 2.75) is 16.7 Å². The van der Waals surface area contributed by atoms with Gasteiger partial charge in [0.15, 0.2) is 6.20 Å². The monoisotopic (exact) mass is 436 g/mol. The molecule has 0 saturated carbocycles. The lowest BCUT2D eigenvalue weighted by Gasteiger charge is -2.19. The van der Waals surface area contributed by atoms with Gasteiger partial charge in [-0.2, -0.15) is 0 Å². The number of hydrogen-bond acceptors (Lipinski definition) is 3. The maximum absolute atomic E-state index is 6.53. The first-order valence-electron chi connectivity index (χ1n) is 10.3. The van der Waals surface area contributed by atoms with Crippen LogP contribution in [0.25, 0.3) is 54.4 Å². The van der Waals surface area contributed by atoms with Gasteiger partial charge in [-0.05, 0) is 53.8 Å². The molecule has 0 saturated heterocycles. The van der Waals surface area contributed by atoms with Gasteiger partial charge in [-0.3, -0.25) is 0 Å². The molecule has 148 valence electrons. The highest BCUT2D eigenvalue weighted by atomic mass is 32.2. The quantitative estimate of drug-likeness (QED) is 0.245. The molecule has 0 atom stereocenters. The van der Waals surface area contributed by atoms with Crippen LogP contribution in [0.3, 0.4) is 0 Å². The first kappa shape index (κ1) is 17.6. The molecule has 0 aliphatic carbocycles. The van der Waals surface area contributed by atoms with E-state index in [1.807, 2.05) is 11.8 Å². The number of nitrogens with zero attached hydrogens (tertiary/aromatic N) is 1. The smallest absolute Gasteiger partial charge is 0.222 e. The zero-order valence-electron chi connectivity index (χ0n) is 17.1. The largest absolute Gasteiger partial charge is 0.455 e. The third-order valence-electron chi connectivity index (χ3n) is 6.32. The molecule has 4 heteroatoms. The van der Waals surface area contributed by atoms with E-state index in [2.05, 4.69) is 90.8 Å². The van der Waals surface area contributed by atoms with Crippen molar-refractivity contribution in [1.29, 1.82) is 0 Å².